The summed E-state index contributed by atoms with van der Waals surface area (Å²) in [5.74, 6) is 0.393. The van der Waals surface area contributed by atoms with E-state index in [1.54, 1.807) is 25.1 Å². The first-order valence-corrected chi connectivity index (χ1v) is 7.41. The SMILES string of the molecule is Cc1cc(-c2nc(-c3ccc(F)c(CN(C)C)c3)no2)c[nH]c1=O. The third kappa shape index (κ3) is 3.26. The molecule has 0 aliphatic heterocycles. The molecule has 0 radical (unpaired) electrons. The molecule has 0 fully saturated rings. The van der Waals surface area contributed by atoms with Crippen molar-refractivity contribution in [3.05, 3.63) is 57.8 Å². The molecule has 1 N–H and O–H groups in total. The van der Waals surface area contributed by atoms with E-state index in [1.165, 1.54) is 12.3 Å². The molecule has 6 nitrogen and oxygen atoms in total. The average Bonchev–Trinajstić information content (AvgIpc) is 3.01. The van der Waals surface area contributed by atoms with Gasteiger partial charge in [0.2, 0.25) is 5.82 Å². The van der Waals surface area contributed by atoms with Gasteiger partial charge >= 0.3 is 0 Å². The second-order valence-corrected chi connectivity index (χ2v) is 5.87. The van der Waals surface area contributed by atoms with Crippen LogP contribution in [0, 0.1) is 12.7 Å². The molecule has 2 aromatic heterocycles. The molecular formula is C17H17FN4O2. The predicted molar refractivity (Wildman–Crippen MR) is 87.9 cm³/mol. The quantitative estimate of drug-likeness (QED) is 0.797. The van der Waals surface area contributed by atoms with Crippen molar-refractivity contribution in [2.24, 2.45) is 0 Å². The summed E-state index contributed by atoms with van der Waals surface area (Å²) in [7, 11) is 3.74. The number of hydrogen-bond donors (Lipinski definition) is 1. The number of aromatic amines is 1. The first-order chi connectivity index (χ1) is 11.4. The zero-order valence-corrected chi connectivity index (χ0v) is 13.6. The van der Waals surface area contributed by atoms with Gasteiger partial charge in [0.15, 0.2) is 0 Å². The van der Waals surface area contributed by atoms with Crippen LogP contribution in [0.2, 0.25) is 0 Å². The molecule has 7 heteroatoms. The summed E-state index contributed by atoms with van der Waals surface area (Å²) in [6.07, 6.45) is 1.52. The number of aryl methyl sites for hydroxylation is 1. The summed E-state index contributed by atoms with van der Waals surface area (Å²) in [6, 6.07) is 6.40. The minimum absolute atomic E-state index is 0.162. The van der Waals surface area contributed by atoms with Crippen molar-refractivity contribution in [2.45, 2.75) is 13.5 Å². The fraction of sp³-hybridized carbons (Fsp3) is 0.235. The highest BCUT2D eigenvalue weighted by Gasteiger charge is 2.13. The minimum Gasteiger partial charge on any atom is -0.334 e. The molecule has 3 rings (SSSR count). The van der Waals surface area contributed by atoms with Crippen molar-refractivity contribution in [3.63, 3.8) is 0 Å². The lowest BCUT2D eigenvalue weighted by molar-refractivity contribution is 0.392. The first kappa shape index (κ1) is 16.1. The highest BCUT2D eigenvalue weighted by atomic mass is 19.1. The second-order valence-electron chi connectivity index (χ2n) is 5.87. The normalized spacial score (nSPS) is 11.2. The number of pyridine rings is 1. The van der Waals surface area contributed by atoms with Gasteiger partial charge in [0, 0.05) is 29.4 Å². The number of nitrogens with one attached hydrogen (secondary N) is 1. The zero-order chi connectivity index (χ0) is 17.3. The van der Waals surface area contributed by atoms with Crippen LogP contribution in [0.1, 0.15) is 11.1 Å². The second kappa shape index (κ2) is 6.37. The monoisotopic (exact) mass is 328 g/mol. The number of rotatable bonds is 4. The lowest BCUT2D eigenvalue weighted by Crippen LogP contribution is -2.12. The number of hydrogen-bond acceptors (Lipinski definition) is 5. The number of aromatic nitrogens is 3. The molecule has 24 heavy (non-hydrogen) atoms. The summed E-state index contributed by atoms with van der Waals surface area (Å²) in [6.45, 7) is 2.18. The van der Waals surface area contributed by atoms with Gasteiger partial charge in [0.25, 0.3) is 11.4 Å². The molecule has 0 unspecified atom stereocenters. The smallest absolute Gasteiger partial charge is 0.259 e. The molecule has 0 spiro atoms. The number of benzene rings is 1. The molecule has 2 heterocycles. The molecule has 0 atom stereocenters. The van der Waals surface area contributed by atoms with E-state index in [4.69, 9.17) is 4.52 Å². The van der Waals surface area contributed by atoms with Gasteiger partial charge in [0.05, 0.1) is 5.56 Å². The van der Waals surface area contributed by atoms with E-state index in [0.717, 1.165) is 0 Å². The summed E-state index contributed by atoms with van der Waals surface area (Å²) in [4.78, 5) is 20.3. The Balaban J connectivity index is 1.95. The van der Waals surface area contributed by atoms with Crippen LogP contribution >= 0.6 is 0 Å². The maximum absolute atomic E-state index is 13.9. The largest absolute Gasteiger partial charge is 0.334 e. The number of H-pyrrole nitrogens is 1. The molecule has 0 amide bonds. The highest BCUT2D eigenvalue weighted by Crippen LogP contribution is 2.23. The third-order valence-electron chi connectivity index (χ3n) is 3.55. The number of nitrogens with zero attached hydrogens (tertiary/aromatic N) is 3. The molecule has 124 valence electrons. The lowest BCUT2D eigenvalue weighted by atomic mass is 10.1. The summed E-state index contributed by atoms with van der Waals surface area (Å²) in [5.41, 5.74) is 2.25. The predicted octanol–water partition coefficient (Wildman–Crippen LogP) is 2.60. The standard InChI is InChI=1S/C17H17FN4O2/c1-10-6-12(8-19-16(10)23)17-20-15(21-24-17)11-4-5-14(18)13(7-11)9-22(2)3/h4-8H,9H2,1-3H3,(H,19,23). The molecule has 0 aliphatic carbocycles. The Kier molecular flexibility index (Phi) is 4.26. The van der Waals surface area contributed by atoms with E-state index in [1.807, 2.05) is 19.0 Å². The van der Waals surface area contributed by atoms with Gasteiger partial charge in [-0.3, -0.25) is 4.79 Å². The Bertz CT molecular complexity index is 930. The van der Waals surface area contributed by atoms with E-state index in [9.17, 15) is 9.18 Å². The molecule has 0 bridgehead atoms. The Morgan fingerprint density at radius 1 is 1.25 bits per heavy atom. The van der Waals surface area contributed by atoms with Gasteiger partial charge in [0.1, 0.15) is 5.82 Å². The van der Waals surface area contributed by atoms with Gasteiger partial charge in [-0.25, -0.2) is 4.39 Å². The fourth-order valence-corrected chi connectivity index (χ4v) is 2.35. The van der Waals surface area contributed by atoms with Gasteiger partial charge in [-0.15, -0.1) is 0 Å². The van der Waals surface area contributed by atoms with E-state index >= 15 is 0 Å². The Hall–Kier alpha value is -2.80. The van der Waals surface area contributed by atoms with Crippen LogP contribution in [0.4, 0.5) is 4.39 Å². The summed E-state index contributed by atoms with van der Waals surface area (Å²) >= 11 is 0. The summed E-state index contributed by atoms with van der Waals surface area (Å²) in [5, 5.41) is 3.95. The Morgan fingerprint density at radius 2 is 2.04 bits per heavy atom. The fourth-order valence-electron chi connectivity index (χ4n) is 2.35. The van der Waals surface area contributed by atoms with Crippen molar-refractivity contribution in [3.8, 4) is 22.8 Å². The van der Waals surface area contributed by atoms with E-state index in [0.29, 0.717) is 40.5 Å². The van der Waals surface area contributed by atoms with Crippen LogP contribution in [0.5, 0.6) is 0 Å². The average molecular weight is 328 g/mol. The van der Waals surface area contributed by atoms with Crippen LogP contribution < -0.4 is 5.56 Å². The van der Waals surface area contributed by atoms with Crippen molar-refractivity contribution in [1.29, 1.82) is 0 Å². The van der Waals surface area contributed by atoms with Gasteiger partial charge in [-0.1, -0.05) is 5.16 Å². The van der Waals surface area contributed by atoms with Crippen molar-refractivity contribution >= 4 is 0 Å². The van der Waals surface area contributed by atoms with Crippen molar-refractivity contribution in [1.82, 2.24) is 20.0 Å². The lowest BCUT2D eigenvalue weighted by Gasteiger charge is -2.11. The molecule has 0 saturated heterocycles. The highest BCUT2D eigenvalue weighted by molar-refractivity contribution is 5.60. The summed E-state index contributed by atoms with van der Waals surface area (Å²) < 4.78 is 19.1. The van der Waals surface area contributed by atoms with E-state index in [-0.39, 0.29) is 11.4 Å². The van der Waals surface area contributed by atoms with Gasteiger partial charge in [-0.05, 0) is 45.3 Å². The Morgan fingerprint density at radius 3 is 2.75 bits per heavy atom. The van der Waals surface area contributed by atoms with Gasteiger partial charge < -0.3 is 14.4 Å². The van der Waals surface area contributed by atoms with E-state index < -0.39 is 0 Å². The maximum Gasteiger partial charge on any atom is 0.259 e. The van der Waals surface area contributed by atoms with Crippen LogP contribution in [0.15, 0.2) is 39.8 Å². The minimum atomic E-state index is -0.271. The van der Waals surface area contributed by atoms with Crippen LogP contribution in [-0.2, 0) is 6.54 Å². The first-order valence-electron chi connectivity index (χ1n) is 7.41. The van der Waals surface area contributed by atoms with Crippen molar-refractivity contribution < 1.29 is 8.91 Å². The molecule has 0 aliphatic rings. The Labute approximate surface area is 137 Å². The molecule has 0 saturated carbocycles. The third-order valence-corrected chi connectivity index (χ3v) is 3.55. The van der Waals surface area contributed by atoms with Crippen LogP contribution in [0.3, 0.4) is 0 Å². The zero-order valence-electron chi connectivity index (χ0n) is 13.6. The maximum atomic E-state index is 13.9. The molecular weight excluding hydrogens is 311 g/mol. The van der Waals surface area contributed by atoms with Crippen LogP contribution in [0.25, 0.3) is 22.8 Å². The molecule has 3 aromatic rings. The van der Waals surface area contributed by atoms with Gasteiger partial charge in [-0.2, -0.15) is 4.98 Å². The van der Waals surface area contributed by atoms with Crippen molar-refractivity contribution in [2.75, 3.05) is 14.1 Å². The topological polar surface area (TPSA) is 75.0 Å². The number of halogens is 1. The molecule has 1 aromatic carbocycles. The van der Waals surface area contributed by atoms with Crippen LogP contribution in [-0.4, -0.2) is 34.1 Å². The van der Waals surface area contributed by atoms with E-state index in [2.05, 4.69) is 15.1 Å².